The van der Waals surface area contributed by atoms with Gasteiger partial charge in [0.25, 0.3) is 0 Å². The highest BCUT2D eigenvalue weighted by atomic mass is 16.5. The van der Waals surface area contributed by atoms with E-state index in [1.165, 1.54) is 276 Å². The summed E-state index contributed by atoms with van der Waals surface area (Å²) in [5, 5.41) is 23.3. The lowest BCUT2D eigenvalue weighted by Crippen LogP contribution is -2.45. The largest absolute Gasteiger partial charge is 0.466 e. The van der Waals surface area contributed by atoms with Crippen LogP contribution in [0.2, 0.25) is 0 Å². The van der Waals surface area contributed by atoms with Crippen LogP contribution in [0.3, 0.4) is 0 Å². The number of hydrogen-bond donors (Lipinski definition) is 3. The minimum absolute atomic E-state index is 0.00826. The molecule has 2 unspecified atom stereocenters. The van der Waals surface area contributed by atoms with Crippen LogP contribution in [0.4, 0.5) is 0 Å². The lowest BCUT2D eigenvalue weighted by atomic mass is 10.0. The van der Waals surface area contributed by atoms with Gasteiger partial charge in [0.05, 0.1) is 25.4 Å². The number of esters is 1. The Kier molecular flexibility index (Phi) is 59.5. The second-order valence-electron chi connectivity index (χ2n) is 22.1. The van der Waals surface area contributed by atoms with E-state index < -0.39 is 12.1 Å². The summed E-state index contributed by atoms with van der Waals surface area (Å²) in [7, 11) is 0. The molecule has 0 aliphatic heterocycles. The zero-order valence-corrected chi connectivity index (χ0v) is 48.0. The number of allylic oxidation sites excluding steroid dienone is 4. The third-order valence-electron chi connectivity index (χ3n) is 15.0. The fourth-order valence-electron chi connectivity index (χ4n) is 10.1. The minimum atomic E-state index is -0.671. The molecule has 0 aliphatic rings. The molecular formula is C65H125NO5. The fourth-order valence-corrected chi connectivity index (χ4v) is 10.1. The molecule has 2 atom stereocenters. The number of aliphatic hydroxyl groups excluding tert-OH is 2. The Balaban J connectivity index is 3.45. The number of hydrogen-bond acceptors (Lipinski definition) is 5. The molecule has 0 aliphatic carbocycles. The smallest absolute Gasteiger partial charge is 0.305 e. The maximum atomic E-state index is 12.5. The van der Waals surface area contributed by atoms with Crippen LogP contribution in [-0.4, -0.2) is 47.4 Å². The van der Waals surface area contributed by atoms with Gasteiger partial charge < -0.3 is 20.3 Å². The fraction of sp³-hybridized carbons (Fsp3) is 0.908. The summed E-state index contributed by atoms with van der Waals surface area (Å²) >= 11 is 0. The molecule has 6 heteroatoms. The molecular weight excluding hydrogens is 875 g/mol. The van der Waals surface area contributed by atoms with Crippen LogP contribution in [0, 0.1) is 0 Å². The Morgan fingerprint density at radius 3 is 1.07 bits per heavy atom. The predicted octanol–water partition coefficient (Wildman–Crippen LogP) is 20.2. The van der Waals surface area contributed by atoms with Gasteiger partial charge in [-0.15, -0.1) is 0 Å². The van der Waals surface area contributed by atoms with Gasteiger partial charge in [0, 0.05) is 12.8 Å². The SMILES string of the molecule is CCCCCCCCCCCCCCCCCCCCCC(O)C(CO)NC(=O)CCCCCCCCC/C=C\C/C=C\CCCCCCCCCCCOC(=O)CCCCCCCCCCCCCC. The Morgan fingerprint density at radius 2 is 0.704 bits per heavy atom. The highest BCUT2D eigenvalue weighted by Crippen LogP contribution is 2.18. The number of ether oxygens (including phenoxy) is 1. The van der Waals surface area contributed by atoms with Crippen molar-refractivity contribution < 1.29 is 24.5 Å². The van der Waals surface area contributed by atoms with Gasteiger partial charge in [0.1, 0.15) is 0 Å². The summed E-state index contributed by atoms with van der Waals surface area (Å²) < 4.78 is 5.47. The Labute approximate surface area is 443 Å². The van der Waals surface area contributed by atoms with Crippen LogP contribution in [0.5, 0.6) is 0 Å². The van der Waals surface area contributed by atoms with Crippen LogP contribution >= 0.6 is 0 Å². The molecule has 420 valence electrons. The van der Waals surface area contributed by atoms with Gasteiger partial charge in [0.15, 0.2) is 0 Å². The molecule has 0 aromatic rings. The van der Waals surface area contributed by atoms with Crippen molar-refractivity contribution in [3.8, 4) is 0 Å². The Morgan fingerprint density at radius 1 is 0.394 bits per heavy atom. The highest BCUT2D eigenvalue weighted by Gasteiger charge is 2.20. The molecule has 0 fully saturated rings. The van der Waals surface area contributed by atoms with Crippen molar-refractivity contribution >= 4 is 11.9 Å². The van der Waals surface area contributed by atoms with E-state index in [-0.39, 0.29) is 18.5 Å². The number of carbonyl (C=O) groups is 2. The van der Waals surface area contributed by atoms with Gasteiger partial charge in [-0.25, -0.2) is 0 Å². The average Bonchev–Trinajstić information content (AvgIpc) is 3.37. The first-order valence-electron chi connectivity index (χ1n) is 32.1. The van der Waals surface area contributed by atoms with Crippen molar-refractivity contribution in [1.82, 2.24) is 5.32 Å². The minimum Gasteiger partial charge on any atom is -0.466 e. The number of nitrogens with one attached hydrogen (secondary N) is 1. The third kappa shape index (κ3) is 57.5. The summed E-state index contributed by atoms with van der Waals surface area (Å²) in [6.07, 6.45) is 74.8. The predicted molar refractivity (Wildman–Crippen MR) is 310 cm³/mol. The summed E-state index contributed by atoms with van der Waals surface area (Å²) in [6, 6.07) is -0.549. The maximum Gasteiger partial charge on any atom is 0.305 e. The van der Waals surface area contributed by atoms with E-state index in [4.69, 9.17) is 4.74 Å². The Hall–Kier alpha value is -1.66. The normalized spacial score (nSPS) is 12.7. The molecule has 3 N–H and O–H groups in total. The molecule has 0 radical (unpaired) electrons. The van der Waals surface area contributed by atoms with Gasteiger partial charge in [-0.3, -0.25) is 9.59 Å². The topological polar surface area (TPSA) is 95.9 Å². The van der Waals surface area contributed by atoms with Crippen molar-refractivity contribution in [2.24, 2.45) is 0 Å². The summed E-state index contributed by atoms with van der Waals surface area (Å²) in [5.74, 6) is -0.0340. The van der Waals surface area contributed by atoms with E-state index in [1.807, 2.05) is 0 Å². The van der Waals surface area contributed by atoms with Gasteiger partial charge in [-0.2, -0.15) is 0 Å². The molecule has 0 heterocycles. The molecule has 0 aromatic carbocycles. The molecule has 6 nitrogen and oxygen atoms in total. The number of aliphatic hydroxyl groups is 2. The third-order valence-corrected chi connectivity index (χ3v) is 15.0. The standard InChI is InChI=1S/C65H125NO5/c1-3-5-7-9-11-13-15-17-18-19-25-28-31-34-37-41-45-49-53-57-63(68)62(61-67)66-64(69)58-54-50-46-42-38-35-32-29-26-23-21-20-22-24-27-30-33-36-40-44-48-52-56-60-71-65(70)59-55-51-47-43-39-16-14-12-10-8-6-4-2/h20,22-23,26,62-63,67-68H,3-19,21,24-25,27-61H2,1-2H3,(H,66,69)/b22-20-,26-23-. The lowest BCUT2D eigenvalue weighted by molar-refractivity contribution is -0.143. The second kappa shape index (κ2) is 60.9. The average molecular weight is 1000 g/mol. The maximum absolute atomic E-state index is 12.5. The van der Waals surface area contributed by atoms with Crippen molar-refractivity contribution in [3.05, 3.63) is 24.3 Å². The quantitative estimate of drug-likeness (QED) is 0.0320. The van der Waals surface area contributed by atoms with Gasteiger partial charge in [0.2, 0.25) is 5.91 Å². The van der Waals surface area contributed by atoms with E-state index in [0.717, 1.165) is 44.9 Å². The molecule has 71 heavy (non-hydrogen) atoms. The molecule has 0 rings (SSSR count). The van der Waals surface area contributed by atoms with Crippen molar-refractivity contribution in [3.63, 3.8) is 0 Å². The molecule has 0 aromatic heterocycles. The molecule has 0 saturated carbocycles. The first kappa shape index (κ1) is 69.3. The zero-order chi connectivity index (χ0) is 51.4. The first-order valence-corrected chi connectivity index (χ1v) is 32.1. The van der Waals surface area contributed by atoms with Crippen LogP contribution in [0.1, 0.15) is 354 Å². The van der Waals surface area contributed by atoms with Crippen molar-refractivity contribution in [2.45, 2.75) is 366 Å². The van der Waals surface area contributed by atoms with Crippen LogP contribution in [0.25, 0.3) is 0 Å². The zero-order valence-electron chi connectivity index (χ0n) is 48.0. The number of carbonyl (C=O) groups excluding carboxylic acids is 2. The van der Waals surface area contributed by atoms with Gasteiger partial charge in [-0.05, 0) is 57.8 Å². The number of amides is 1. The van der Waals surface area contributed by atoms with E-state index in [9.17, 15) is 19.8 Å². The van der Waals surface area contributed by atoms with Gasteiger partial charge in [-0.1, -0.05) is 308 Å². The highest BCUT2D eigenvalue weighted by molar-refractivity contribution is 5.76. The molecule has 0 spiro atoms. The van der Waals surface area contributed by atoms with E-state index in [2.05, 4.69) is 43.5 Å². The monoisotopic (exact) mass is 1000 g/mol. The molecule has 1 amide bonds. The van der Waals surface area contributed by atoms with Crippen LogP contribution < -0.4 is 5.32 Å². The van der Waals surface area contributed by atoms with Crippen molar-refractivity contribution in [2.75, 3.05) is 13.2 Å². The van der Waals surface area contributed by atoms with Crippen molar-refractivity contribution in [1.29, 1.82) is 0 Å². The summed E-state index contributed by atoms with van der Waals surface area (Å²) in [4.78, 5) is 24.5. The second-order valence-corrected chi connectivity index (χ2v) is 22.1. The van der Waals surface area contributed by atoms with Gasteiger partial charge >= 0.3 is 5.97 Å². The van der Waals surface area contributed by atoms with Crippen LogP contribution in [-0.2, 0) is 14.3 Å². The van der Waals surface area contributed by atoms with E-state index in [0.29, 0.717) is 25.9 Å². The Bertz CT molecular complexity index is 1110. The summed E-state index contributed by atoms with van der Waals surface area (Å²) in [6.45, 7) is 4.97. The molecule has 0 saturated heterocycles. The molecule has 0 bridgehead atoms. The lowest BCUT2D eigenvalue weighted by Gasteiger charge is -2.22. The van der Waals surface area contributed by atoms with E-state index in [1.54, 1.807) is 0 Å². The first-order chi connectivity index (χ1) is 35.0. The number of unbranched alkanes of at least 4 members (excludes halogenated alkanes) is 45. The summed E-state index contributed by atoms with van der Waals surface area (Å²) in [5.41, 5.74) is 0. The van der Waals surface area contributed by atoms with Crippen LogP contribution in [0.15, 0.2) is 24.3 Å². The number of rotatable bonds is 60. The van der Waals surface area contributed by atoms with E-state index >= 15 is 0 Å².